The zero-order valence-corrected chi connectivity index (χ0v) is 10.0. The van der Waals surface area contributed by atoms with E-state index in [9.17, 15) is 0 Å². The smallest absolute Gasteiger partial charge is 0.140 e. The third-order valence-corrected chi connectivity index (χ3v) is 2.74. The van der Waals surface area contributed by atoms with Gasteiger partial charge in [-0.3, -0.25) is 0 Å². The second-order valence-electron chi connectivity index (χ2n) is 3.50. The fraction of sp³-hybridized carbons (Fsp3) is 0.0769. The van der Waals surface area contributed by atoms with Crippen LogP contribution in [0, 0.1) is 18.3 Å². The van der Waals surface area contributed by atoms with Gasteiger partial charge in [0.1, 0.15) is 5.15 Å². The first kappa shape index (κ1) is 11.4. The molecule has 0 aliphatic heterocycles. The highest BCUT2D eigenvalue weighted by Crippen LogP contribution is 2.24. The first-order chi connectivity index (χ1) is 8.24. The average Bonchev–Trinajstić information content (AvgIpc) is 2.64. The van der Waals surface area contributed by atoms with Crippen molar-refractivity contribution in [2.75, 3.05) is 0 Å². The molecule has 0 radical (unpaired) electrons. The SMILES string of the molecule is Cc1nn(-c2ccccc2)c(Cl)c1C=CC#N. The van der Waals surface area contributed by atoms with Gasteiger partial charge in [-0.1, -0.05) is 29.8 Å². The number of nitrogens with zero attached hydrogens (tertiary/aromatic N) is 3. The molecule has 0 bridgehead atoms. The molecule has 0 atom stereocenters. The van der Waals surface area contributed by atoms with E-state index in [-0.39, 0.29) is 0 Å². The molecule has 0 aliphatic carbocycles. The summed E-state index contributed by atoms with van der Waals surface area (Å²) >= 11 is 6.24. The zero-order valence-electron chi connectivity index (χ0n) is 9.26. The number of aromatic nitrogens is 2. The highest BCUT2D eigenvalue weighted by atomic mass is 35.5. The van der Waals surface area contributed by atoms with E-state index in [1.807, 2.05) is 43.3 Å². The Kier molecular flexibility index (Phi) is 3.27. The van der Waals surface area contributed by atoms with Crippen LogP contribution in [0.4, 0.5) is 0 Å². The quantitative estimate of drug-likeness (QED) is 0.759. The van der Waals surface area contributed by atoms with Crippen LogP contribution in [-0.2, 0) is 0 Å². The van der Waals surface area contributed by atoms with Gasteiger partial charge >= 0.3 is 0 Å². The Morgan fingerprint density at radius 1 is 1.35 bits per heavy atom. The molecule has 0 saturated heterocycles. The molecular formula is C13H10ClN3. The van der Waals surface area contributed by atoms with Crippen LogP contribution in [0.5, 0.6) is 0 Å². The molecule has 0 fully saturated rings. The van der Waals surface area contributed by atoms with Gasteiger partial charge in [-0.25, -0.2) is 4.68 Å². The van der Waals surface area contributed by atoms with Gasteiger partial charge in [-0.15, -0.1) is 0 Å². The highest BCUT2D eigenvalue weighted by molar-refractivity contribution is 6.31. The monoisotopic (exact) mass is 243 g/mol. The number of aryl methyl sites for hydroxylation is 1. The molecule has 0 unspecified atom stereocenters. The van der Waals surface area contributed by atoms with E-state index in [2.05, 4.69) is 5.10 Å². The Bertz CT molecular complexity index is 591. The normalized spacial score (nSPS) is 10.6. The van der Waals surface area contributed by atoms with Crippen LogP contribution in [-0.4, -0.2) is 9.78 Å². The molecule has 0 N–H and O–H groups in total. The molecule has 17 heavy (non-hydrogen) atoms. The Morgan fingerprint density at radius 2 is 2.06 bits per heavy atom. The Hall–Kier alpha value is -2.05. The van der Waals surface area contributed by atoms with Gasteiger partial charge < -0.3 is 0 Å². The summed E-state index contributed by atoms with van der Waals surface area (Å²) in [5, 5.41) is 13.4. The van der Waals surface area contributed by atoms with Crippen LogP contribution in [0.15, 0.2) is 36.4 Å². The minimum atomic E-state index is 0.514. The molecule has 1 heterocycles. The number of hydrogen-bond donors (Lipinski definition) is 0. The minimum Gasteiger partial charge on any atom is -0.221 e. The fourth-order valence-electron chi connectivity index (χ4n) is 1.56. The van der Waals surface area contributed by atoms with Gasteiger partial charge in [-0.2, -0.15) is 10.4 Å². The number of halogens is 1. The maximum Gasteiger partial charge on any atom is 0.140 e. The molecule has 1 aromatic heterocycles. The van der Waals surface area contributed by atoms with E-state index in [0.29, 0.717) is 5.15 Å². The summed E-state index contributed by atoms with van der Waals surface area (Å²) in [7, 11) is 0. The third-order valence-electron chi connectivity index (χ3n) is 2.37. The van der Waals surface area contributed by atoms with Crippen molar-refractivity contribution in [2.24, 2.45) is 0 Å². The van der Waals surface area contributed by atoms with Gasteiger partial charge in [0.15, 0.2) is 0 Å². The van der Waals surface area contributed by atoms with Gasteiger partial charge in [0, 0.05) is 11.6 Å². The summed E-state index contributed by atoms with van der Waals surface area (Å²) in [6, 6.07) is 11.6. The molecule has 0 spiro atoms. The standard InChI is InChI=1S/C13H10ClN3/c1-10-12(8-5-9-15)13(14)17(16-10)11-6-3-2-4-7-11/h2-8H,1H3. The number of rotatable bonds is 2. The predicted molar refractivity (Wildman–Crippen MR) is 68.0 cm³/mol. The van der Waals surface area contributed by atoms with Crippen LogP contribution in [0.2, 0.25) is 5.15 Å². The molecule has 0 amide bonds. The molecule has 0 saturated carbocycles. The van der Waals surface area contributed by atoms with Crippen molar-refractivity contribution in [3.8, 4) is 11.8 Å². The lowest BCUT2D eigenvalue weighted by Gasteiger charge is -2.01. The summed E-state index contributed by atoms with van der Waals surface area (Å²) in [6.07, 6.45) is 3.06. The van der Waals surface area contributed by atoms with Crippen LogP contribution >= 0.6 is 11.6 Å². The molecule has 1 aromatic carbocycles. The Balaban J connectivity index is 2.52. The van der Waals surface area contributed by atoms with E-state index in [1.54, 1.807) is 10.8 Å². The van der Waals surface area contributed by atoms with E-state index in [0.717, 1.165) is 16.9 Å². The molecular weight excluding hydrogens is 234 g/mol. The molecule has 3 nitrogen and oxygen atoms in total. The maximum absolute atomic E-state index is 8.53. The van der Waals surface area contributed by atoms with Crippen molar-refractivity contribution in [3.05, 3.63) is 52.8 Å². The average molecular weight is 244 g/mol. The summed E-state index contributed by atoms with van der Waals surface area (Å²) in [4.78, 5) is 0. The first-order valence-electron chi connectivity index (χ1n) is 5.10. The van der Waals surface area contributed by atoms with Gasteiger partial charge in [0.2, 0.25) is 0 Å². The zero-order chi connectivity index (χ0) is 12.3. The number of hydrogen-bond acceptors (Lipinski definition) is 2. The minimum absolute atomic E-state index is 0.514. The number of benzene rings is 1. The van der Waals surface area contributed by atoms with E-state index in [1.165, 1.54) is 6.08 Å². The first-order valence-corrected chi connectivity index (χ1v) is 5.48. The van der Waals surface area contributed by atoms with Crippen molar-refractivity contribution in [3.63, 3.8) is 0 Å². The van der Waals surface area contributed by atoms with Crippen LogP contribution in [0.3, 0.4) is 0 Å². The van der Waals surface area contributed by atoms with E-state index < -0.39 is 0 Å². The molecule has 84 valence electrons. The summed E-state index contributed by atoms with van der Waals surface area (Å²) < 4.78 is 1.66. The fourth-order valence-corrected chi connectivity index (χ4v) is 1.90. The van der Waals surface area contributed by atoms with Crippen LogP contribution < -0.4 is 0 Å². The van der Waals surface area contributed by atoms with Crippen molar-refractivity contribution < 1.29 is 0 Å². The summed E-state index contributed by atoms with van der Waals surface area (Å²) in [5.74, 6) is 0. The molecule has 4 heteroatoms. The summed E-state index contributed by atoms with van der Waals surface area (Å²) in [6.45, 7) is 1.86. The predicted octanol–water partition coefficient (Wildman–Crippen LogP) is 3.37. The number of allylic oxidation sites excluding steroid dienone is 1. The lowest BCUT2D eigenvalue weighted by molar-refractivity contribution is 0.863. The maximum atomic E-state index is 8.53. The lowest BCUT2D eigenvalue weighted by Crippen LogP contribution is -1.95. The van der Waals surface area contributed by atoms with Crippen molar-refractivity contribution in [1.82, 2.24) is 9.78 Å². The summed E-state index contributed by atoms with van der Waals surface area (Å²) in [5.41, 5.74) is 2.47. The van der Waals surface area contributed by atoms with E-state index >= 15 is 0 Å². The lowest BCUT2D eigenvalue weighted by atomic mass is 10.2. The van der Waals surface area contributed by atoms with Crippen molar-refractivity contribution in [1.29, 1.82) is 5.26 Å². The van der Waals surface area contributed by atoms with Crippen LogP contribution in [0.1, 0.15) is 11.3 Å². The number of para-hydroxylation sites is 1. The van der Waals surface area contributed by atoms with Crippen molar-refractivity contribution in [2.45, 2.75) is 6.92 Å². The second kappa shape index (κ2) is 4.86. The topological polar surface area (TPSA) is 41.6 Å². The van der Waals surface area contributed by atoms with E-state index in [4.69, 9.17) is 16.9 Å². The Labute approximate surface area is 105 Å². The number of nitriles is 1. The molecule has 2 aromatic rings. The highest BCUT2D eigenvalue weighted by Gasteiger charge is 2.11. The largest absolute Gasteiger partial charge is 0.221 e. The Morgan fingerprint density at radius 3 is 2.71 bits per heavy atom. The van der Waals surface area contributed by atoms with Gasteiger partial charge in [0.05, 0.1) is 17.5 Å². The van der Waals surface area contributed by atoms with Crippen LogP contribution in [0.25, 0.3) is 11.8 Å². The van der Waals surface area contributed by atoms with Crippen molar-refractivity contribution >= 4 is 17.7 Å². The van der Waals surface area contributed by atoms with Gasteiger partial charge in [-0.05, 0) is 25.1 Å². The third kappa shape index (κ3) is 2.22. The molecule has 2 rings (SSSR count). The second-order valence-corrected chi connectivity index (χ2v) is 3.86. The van der Waals surface area contributed by atoms with Gasteiger partial charge in [0.25, 0.3) is 0 Å². The molecule has 0 aliphatic rings.